The lowest BCUT2D eigenvalue weighted by molar-refractivity contribution is -0.118. The van der Waals surface area contributed by atoms with Crippen LogP contribution in [0.2, 0.25) is 0 Å². The van der Waals surface area contributed by atoms with Crippen LogP contribution in [0.1, 0.15) is 6.42 Å². The third kappa shape index (κ3) is 2.78. The van der Waals surface area contributed by atoms with Crippen LogP contribution in [0.3, 0.4) is 0 Å². The number of hydrogen-bond acceptors (Lipinski definition) is 3. The summed E-state index contributed by atoms with van der Waals surface area (Å²) in [4.78, 5) is 26.2. The molecule has 1 saturated heterocycles. The molecule has 1 heterocycles. The van der Waals surface area contributed by atoms with Gasteiger partial charge in [0.25, 0.3) is 0 Å². The Morgan fingerprint density at radius 1 is 1.37 bits per heavy atom. The van der Waals surface area contributed by atoms with E-state index in [2.05, 4.69) is 5.32 Å². The summed E-state index contributed by atoms with van der Waals surface area (Å²) in [6.07, 6.45) is -0.663. The Bertz CT molecular complexity index is 484. The van der Waals surface area contributed by atoms with Gasteiger partial charge >= 0.3 is 6.09 Å². The van der Waals surface area contributed by atoms with E-state index in [0.717, 1.165) is 11.4 Å². The molecule has 1 aromatic carbocycles. The van der Waals surface area contributed by atoms with E-state index in [4.69, 9.17) is 5.11 Å². The van der Waals surface area contributed by atoms with Crippen LogP contribution < -0.4 is 15.1 Å². The molecule has 0 saturated carbocycles. The second-order valence-corrected chi connectivity index (χ2v) is 4.69. The smallest absolute Gasteiger partial charge is 0.405 e. The highest BCUT2D eigenvalue weighted by Gasteiger charge is 2.33. The molecule has 2 rings (SSSR count). The Morgan fingerprint density at radius 2 is 2.00 bits per heavy atom. The van der Waals surface area contributed by atoms with Crippen molar-refractivity contribution in [3.8, 4) is 0 Å². The summed E-state index contributed by atoms with van der Waals surface area (Å²) in [5.74, 6) is -0.194. The Kier molecular flexibility index (Phi) is 3.59. The molecule has 1 atom stereocenters. The highest BCUT2D eigenvalue weighted by molar-refractivity contribution is 6.00. The van der Waals surface area contributed by atoms with E-state index in [-0.39, 0.29) is 5.91 Å². The van der Waals surface area contributed by atoms with Crippen LogP contribution in [0.5, 0.6) is 0 Å². The van der Waals surface area contributed by atoms with E-state index < -0.39 is 12.1 Å². The summed E-state index contributed by atoms with van der Waals surface area (Å²) in [7, 11) is 3.89. The van der Waals surface area contributed by atoms with Gasteiger partial charge in [-0.15, -0.1) is 0 Å². The number of hydrogen-bond donors (Lipinski definition) is 2. The van der Waals surface area contributed by atoms with Crippen molar-refractivity contribution in [3.05, 3.63) is 24.3 Å². The molecule has 0 aliphatic carbocycles. The first-order chi connectivity index (χ1) is 8.99. The fourth-order valence-corrected chi connectivity index (χ4v) is 2.15. The summed E-state index contributed by atoms with van der Waals surface area (Å²) < 4.78 is 0. The minimum absolute atomic E-state index is 0.194. The second kappa shape index (κ2) is 5.17. The summed E-state index contributed by atoms with van der Waals surface area (Å²) in [6, 6.07) is 6.97. The maximum atomic E-state index is 12.0. The number of carbonyl (C=O) groups excluding carboxylic acids is 1. The van der Waals surface area contributed by atoms with Gasteiger partial charge in [0.1, 0.15) is 6.04 Å². The van der Waals surface area contributed by atoms with Crippen molar-refractivity contribution in [2.24, 2.45) is 0 Å². The third-order valence-electron chi connectivity index (χ3n) is 3.18. The highest BCUT2D eigenvalue weighted by atomic mass is 16.4. The Morgan fingerprint density at radius 3 is 2.53 bits per heavy atom. The van der Waals surface area contributed by atoms with Crippen LogP contribution >= 0.6 is 0 Å². The average molecular weight is 263 g/mol. The van der Waals surface area contributed by atoms with Crippen molar-refractivity contribution in [2.45, 2.75) is 12.5 Å². The largest absolute Gasteiger partial charge is 0.465 e. The van der Waals surface area contributed by atoms with Gasteiger partial charge < -0.3 is 20.2 Å². The zero-order valence-corrected chi connectivity index (χ0v) is 11.0. The van der Waals surface area contributed by atoms with Crippen molar-refractivity contribution >= 4 is 23.4 Å². The summed E-state index contributed by atoms with van der Waals surface area (Å²) in [6.45, 7) is 0.533. The summed E-state index contributed by atoms with van der Waals surface area (Å²) in [5, 5.41) is 10.9. The Balaban J connectivity index is 2.11. The van der Waals surface area contributed by atoms with Gasteiger partial charge in [-0.2, -0.15) is 0 Å². The molecule has 0 bridgehead atoms. The van der Waals surface area contributed by atoms with Crippen molar-refractivity contribution in [2.75, 3.05) is 30.4 Å². The van der Waals surface area contributed by atoms with Gasteiger partial charge in [-0.25, -0.2) is 4.79 Å². The molecule has 0 aromatic heterocycles. The third-order valence-corrected chi connectivity index (χ3v) is 3.18. The predicted octanol–water partition coefficient (Wildman–Crippen LogP) is 1.13. The van der Waals surface area contributed by atoms with Crippen molar-refractivity contribution < 1.29 is 14.7 Å². The number of nitrogens with zero attached hydrogens (tertiary/aromatic N) is 2. The van der Waals surface area contributed by atoms with Crippen LogP contribution in [0.25, 0.3) is 0 Å². The van der Waals surface area contributed by atoms with Crippen LogP contribution in [-0.4, -0.2) is 43.8 Å². The molecule has 19 heavy (non-hydrogen) atoms. The van der Waals surface area contributed by atoms with Gasteiger partial charge in [0.05, 0.1) is 0 Å². The maximum absolute atomic E-state index is 12.0. The van der Waals surface area contributed by atoms with Gasteiger partial charge in [0, 0.05) is 32.0 Å². The topological polar surface area (TPSA) is 72.9 Å². The van der Waals surface area contributed by atoms with Gasteiger partial charge in [-0.3, -0.25) is 4.79 Å². The zero-order chi connectivity index (χ0) is 14.0. The van der Waals surface area contributed by atoms with E-state index in [1.54, 1.807) is 4.90 Å². The maximum Gasteiger partial charge on any atom is 0.405 e. The number of anilines is 2. The minimum Gasteiger partial charge on any atom is -0.465 e. The molecule has 1 aliphatic rings. The lowest BCUT2D eigenvalue weighted by atomic mass is 10.2. The van der Waals surface area contributed by atoms with Crippen molar-refractivity contribution in [1.82, 2.24) is 5.32 Å². The van der Waals surface area contributed by atoms with Crippen LogP contribution in [0.15, 0.2) is 24.3 Å². The first kappa shape index (κ1) is 13.2. The Hall–Kier alpha value is -2.24. The molecule has 0 spiro atoms. The average Bonchev–Trinajstić information content (AvgIpc) is 2.70. The second-order valence-electron chi connectivity index (χ2n) is 4.69. The molecule has 102 valence electrons. The van der Waals surface area contributed by atoms with Crippen molar-refractivity contribution in [1.29, 1.82) is 0 Å². The van der Waals surface area contributed by atoms with Crippen LogP contribution in [0.4, 0.5) is 16.2 Å². The monoisotopic (exact) mass is 263 g/mol. The molecule has 1 aliphatic heterocycles. The van der Waals surface area contributed by atoms with Crippen molar-refractivity contribution in [3.63, 3.8) is 0 Å². The minimum atomic E-state index is -1.16. The lowest BCUT2D eigenvalue weighted by Crippen LogP contribution is -2.40. The number of amides is 2. The first-order valence-electron chi connectivity index (χ1n) is 6.07. The first-order valence-corrected chi connectivity index (χ1v) is 6.07. The molecule has 0 unspecified atom stereocenters. The molecular weight excluding hydrogens is 246 g/mol. The number of carbonyl (C=O) groups is 2. The van der Waals surface area contributed by atoms with E-state index in [9.17, 15) is 9.59 Å². The van der Waals surface area contributed by atoms with E-state index in [1.807, 2.05) is 43.3 Å². The van der Waals surface area contributed by atoms with E-state index in [0.29, 0.717) is 13.0 Å². The standard InChI is InChI=1S/C13H17N3O3/c1-15(2)9-3-5-10(6-4-9)16-8-7-11(12(16)17)14-13(18)19/h3-6,11,14H,7-8H2,1-2H3,(H,18,19)/t11-/m0/s1. The van der Waals surface area contributed by atoms with Gasteiger partial charge in [0.2, 0.25) is 5.91 Å². The fourth-order valence-electron chi connectivity index (χ4n) is 2.15. The molecule has 6 heteroatoms. The number of benzene rings is 1. The quantitative estimate of drug-likeness (QED) is 0.857. The number of nitrogens with one attached hydrogen (secondary N) is 1. The number of carboxylic acid groups (broad SMARTS) is 1. The van der Waals surface area contributed by atoms with Crippen LogP contribution in [-0.2, 0) is 4.79 Å². The molecular formula is C13H17N3O3. The fraction of sp³-hybridized carbons (Fsp3) is 0.385. The van der Waals surface area contributed by atoms with E-state index >= 15 is 0 Å². The van der Waals surface area contributed by atoms with Gasteiger partial charge in [-0.1, -0.05) is 0 Å². The van der Waals surface area contributed by atoms with E-state index in [1.165, 1.54) is 0 Å². The predicted molar refractivity (Wildman–Crippen MR) is 72.7 cm³/mol. The van der Waals surface area contributed by atoms with Gasteiger partial charge in [-0.05, 0) is 30.7 Å². The summed E-state index contributed by atoms with van der Waals surface area (Å²) >= 11 is 0. The zero-order valence-electron chi connectivity index (χ0n) is 11.0. The molecule has 1 aromatic rings. The molecule has 2 N–H and O–H groups in total. The molecule has 0 radical (unpaired) electrons. The highest BCUT2D eigenvalue weighted by Crippen LogP contribution is 2.24. The summed E-state index contributed by atoms with van der Waals surface area (Å²) in [5.41, 5.74) is 1.85. The van der Waals surface area contributed by atoms with Crippen LogP contribution in [0, 0.1) is 0 Å². The Labute approximate surface area is 111 Å². The lowest BCUT2D eigenvalue weighted by Gasteiger charge is -2.18. The molecule has 6 nitrogen and oxygen atoms in total. The SMILES string of the molecule is CN(C)c1ccc(N2CC[C@H](NC(=O)O)C2=O)cc1. The van der Waals surface area contributed by atoms with Gasteiger partial charge in [0.15, 0.2) is 0 Å². The normalized spacial score (nSPS) is 18.5. The number of rotatable bonds is 3. The molecule has 1 fully saturated rings. The molecule has 2 amide bonds.